The van der Waals surface area contributed by atoms with Gasteiger partial charge in [-0.3, -0.25) is 9.48 Å². The van der Waals surface area contributed by atoms with Crippen LogP contribution in [0.4, 0.5) is 0 Å². The number of ether oxygens (including phenoxy) is 1. The maximum Gasteiger partial charge on any atom is 0.335 e. The molecule has 1 fully saturated rings. The van der Waals surface area contributed by atoms with Crippen LogP contribution in [-0.2, 0) is 21.4 Å². The van der Waals surface area contributed by atoms with E-state index in [1.54, 1.807) is 24.9 Å². The Bertz CT molecular complexity index is 509. The van der Waals surface area contributed by atoms with Gasteiger partial charge in [0.2, 0.25) is 5.91 Å². The molecule has 1 amide bonds. The summed E-state index contributed by atoms with van der Waals surface area (Å²) in [7, 11) is 1.76. The Kier molecular flexibility index (Phi) is 3.57. The second-order valence-electron chi connectivity index (χ2n) is 4.54. The van der Waals surface area contributed by atoms with Gasteiger partial charge in [0.05, 0.1) is 11.7 Å². The number of carboxylic acids is 1. The number of aryl methyl sites for hydroxylation is 2. The van der Waals surface area contributed by atoms with Crippen molar-refractivity contribution in [3.63, 3.8) is 0 Å². The lowest BCUT2D eigenvalue weighted by molar-refractivity contribution is -0.172. The fourth-order valence-corrected chi connectivity index (χ4v) is 2.47. The molecule has 104 valence electrons. The summed E-state index contributed by atoms with van der Waals surface area (Å²) in [6.45, 7) is 3.85. The molecular weight excluding hydrogens is 250 g/mol. The summed E-state index contributed by atoms with van der Waals surface area (Å²) in [5.41, 5.74) is 1.42. The standard InChI is InChI=1S/C12H17N3O4/c1-4-15-9(16)6-19-11(12(17)18)10(15)8-5-14(3)13-7(8)2/h5,10-11H,4,6H2,1-3H3,(H,17,18). The molecule has 0 aromatic carbocycles. The fourth-order valence-electron chi connectivity index (χ4n) is 2.47. The molecule has 1 aromatic heterocycles. The second kappa shape index (κ2) is 5.00. The second-order valence-corrected chi connectivity index (χ2v) is 4.54. The summed E-state index contributed by atoms with van der Waals surface area (Å²) in [5.74, 6) is -1.27. The summed E-state index contributed by atoms with van der Waals surface area (Å²) < 4.78 is 6.79. The number of aliphatic carboxylic acids is 1. The Labute approximate surface area is 110 Å². The number of amides is 1. The van der Waals surface area contributed by atoms with Gasteiger partial charge in [-0.2, -0.15) is 5.10 Å². The quantitative estimate of drug-likeness (QED) is 0.839. The van der Waals surface area contributed by atoms with Gasteiger partial charge in [-0.05, 0) is 13.8 Å². The molecule has 1 N–H and O–H groups in total. The molecule has 1 aliphatic rings. The molecule has 0 bridgehead atoms. The van der Waals surface area contributed by atoms with Crippen LogP contribution in [0.25, 0.3) is 0 Å². The van der Waals surface area contributed by atoms with Crippen molar-refractivity contribution in [1.82, 2.24) is 14.7 Å². The lowest BCUT2D eigenvalue weighted by atomic mass is 9.98. The van der Waals surface area contributed by atoms with Crippen molar-refractivity contribution in [3.05, 3.63) is 17.5 Å². The van der Waals surface area contributed by atoms with E-state index < -0.39 is 18.1 Å². The molecule has 0 saturated carbocycles. The first-order chi connectivity index (χ1) is 8.95. The number of morpholine rings is 1. The number of nitrogens with zero attached hydrogens (tertiary/aromatic N) is 3. The van der Waals surface area contributed by atoms with Crippen LogP contribution in [0, 0.1) is 6.92 Å². The third-order valence-corrected chi connectivity index (χ3v) is 3.28. The first kappa shape index (κ1) is 13.5. The van der Waals surface area contributed by atoms with Crippen molar-refractivity contribution in [2.75, 3.05) is 13.2 Å². The molecule has 2 unspecified atom stereocenters. The van der Waals surface area contributed by atoms with Gasteiger partial charge in [-0.15, -0.1) is 0 Å². The first-order valence-electron chi connectivity index (χ1n) is 6.09. The molecule has 7 nitrogen and oxygen atoms in total. The van der Waals surface area contributed by atoms with Crippen LogP contribution >= 0.6 is 0 Å². The predicted octanol–water partition coefficient (Wildman–Crippen LogP) is 0.102. The molecule has 7 heteroatoms. The SMILES string of the molecule is CCN1C(=O)COC(C(=O)O)C1c1cn(C)nc1C. The van der Waals surface area contributed by atoms with Gasteiger partial charge in [-0.25, -0.2) is 4.79 Å². The van der Waals surface area contributed by atoms with Gasteiger partial charge in [0, 0.05) is 25.4 Å². The van der Waals surface area contributed by atoms with Crippen LogP contribution in [0.15, 0.2) is 6.20 Å². The number of likely N-dealkylation sites (N-methyl/N-ethyl adjacent to an activating group) is 1. The molecule has 2 atom stereocenters. The minimum absolute atomic E-state index is 0.194. The van der Waals surface area contributed by atoms with Crippen molar-refractivity contribution >= 4 is 11.9 Å². The minimum atomic E-state index is -1.07. The molecular formula is C12H17N3O4. The third kappa shape index (κ3) is 2.33. The number of carbonyl (C=O) groups is 2. The highest BCUT2D eigenvalue weighted by Crippen LogP contribution is 2.31. The summed E-state index contributed by atoms with van der Waals surface area (Å²) in [4.78, 5) is 24.7. The van der Waals surface area contributed by atoms with E-state index in [1.165, 1.54) is 4.90 Å². The van der Waals surface area contributed by atoms with E-state index in [0.29, 0.717) is 17.8 Å². The Hall–Kier alpha value is -1.89. The highest BCUT2D eigenvalue weighted by atomic mass is 16.5. The molecule has 2 heterocycles. The van der Waals surface area contributed by atoms with Crippen molar-refractivity contribution in [1.29, 1.82) is 0 Å². The smallest absolute Gasteiger partial charge is 0.335 e. The lowest BCUT2D eigenvalue weighted by Crippen LogP contribution is -2.51. The molecule has 0 radical (unpaired) electrons. The number of carbonyl (C=O) groups excluding carboxylic acids is 1. The van der Waals surface area contributed by atoms with Gasteiger partial charge in [-0.1, -0.05) is 0 Å². The summed E-state index contributed by atoms with van der Waals surface area (Å²) >= 11 is 0. The third-order valence-electron chi connectivity index (χ3n) is 3.28. The Balaban J connectivity index is 2.47. The molecule has 19 heavy (non-hydrogen) atoms. The van der Waals surface area contributed by atoms with Gasteiger partial charge in [0.25, 0.3) is 0 Å². The molecule has 2 rings (SSSR count). The first-order valence-corrected chi connectivity index (χ1v) is 6.09. The number of hydrogen-bond acceptors (Lipinski definition) is 4. The number of carboxylic acid groups (broad SMARTS) is 1. The predicted molar refractivity (Wildman–Crippen MR) is 65.4 cm³/mol. The minimum Gasteiger partial charge on any atom is -0.479 e. The normalized spacial score (nSPS) is 23.7. The van der Waals surface area contributed by atoms with E-state index in [-0.39, 0.29) is 12.5 Å². The number of rotatable bonds is 3. The van der Waals surface area contributed by atoms with Gasteiger partial charge < -0.3 is 14.7 Å². The molecule has 0 spiro atoms. The van der Waals surface area contributed by atoms with Crippen LogP contribution in [0.1, 0.15) is 24.2 Å². The average molecular weight is 267 g/mol. The highest BCUT2D eigenvalue weighted by molar-refractivity contribution is 5.83. The van der Waals surface area contributed by atoms with Crippen molar-refractivity contribution < 1.29 is 19.4 Å². The van der Waals surface area contributed by atoms with Crippen molar-refractivity contribution in [2.45, 2.75) is 26.0 Å². The number of hydrogen-bond donors (Lipinski definition) is 1. The molecule has 1 aromatic rings. The summed E-state index contributed by atoms with van der Waals surface area (Å²) in [6, 6.07) is -0.627. The largest absolute Gasteiger partial charge is 0.479 e. The maximum atomic E-state index is 11.9. The Morgan fingerprint density at radius 1 is 1.63 bits per heavy atom. The van der Waals surface area contributed by atoms with E-state index in [4.69, 9.17) is 4.74 Å². The fraction of sp³-hybridized carbons (Fsp3) is 0.583. The van der Waals surface area contributed by atoms with Crippen LogP contribution < -0.4 is 0 Å². The van der Waals surface area contributed by atoms with E-state index in [2.05, 4.69) is 5.10 Å². The Morgan fingerprint density at radius 2 is 2.32 bits per heavy atom. The van der Waals surface area contributed by atoms with Crippen LogP contribution in [-0.4, -0.2) is 50.9 Å². The van der Waals surface area contributed by atoms with Gasteiger partial charge >= 0.3 is 5.97 Å². The summed E-state index contributed by atoms with van der Waals surface area (Å²) in [5, 5.41) is 13.5. The average Bonchev–Trinajstić information content (AvgIpc) is 2.67. The van der Waals surface area contributed by atoms with Crippen LogP contribution in [0.2, 0.25) is 0 Å². The monoisotopic (exact) mass is 267 g/mol. The van der Waals surface area contributed by atoms with Crippen molar-refractivity contribution in [2.24, 2.45) is 7.05 Å². The van der Waals surface area contributed by atoms with Gasteiger partial charge in [0.15, 0.2) is 6.10 Å². The van der Waals surface area contributed by atoms with E-state index in [1.807, 2.05) is 6.92 Å². The van der Waals surface area contributed by atoms with Gasteiger partial charge in [0.1, 0.15) is 6.61 Å². The summed E-state index contributed by atoms with van der Waals surface area (Å²) in [6.07, 6.45) is 0.682. The molecule has 1 aliphatic heterocycles. The Morgan fingerprint density at radius 3 is 2.79 bits per heavy atom. The maximum absolute atomic E-state index is 11.9. The zero-order valence-electron chi connectivity index (χ0n) is 11.2. The van der Waals surface area contributed by atoms with Crippen LogP contribution in [0.3, 0.4) is 0 Å². The van der Waals surface area contributed by atoms with E-state index in [9.17, 15) is 14.7 Å². The lowest BCUT2D eigenvalue weighted by Gasteiger charge is -2.38. The van der Waals surface area contributed by atoms with E-state index in [0.717, 1.165) is 0 Å². The topological polar surface area (TPSA) is 84.7 Å². The zero-order valence-corrected chi connectivity index (χ0v) is 11.2. The molecule has 1 saturated heterocycles. The van der Waals surface area contributed by atoms with Crippen LogP contribution in [0.5, 0.6) is 0 Å². The van der Waals surface area contributed by atoms with Crippen molar-refractivity contribution in [3.8, 4) is 0 Å². The zero-order chi connectivity index (χ0) is 14.2. The highest BCUT2D eigenvalue weighted by Gasteiger charge is 2.42. The van der Waals surface area contributed by atoms with E-state index >= 15 is 0 Å². The molecule has 0 aliphatic carbocycles. The number of aromatic nitrogens is 2.